The minimum atomic E-state index is -0.341. The molecule has 1 aromatic rings. The quantitative estimate of drug-likeness (QED) is 0.842. The fourth-order valence-electron chi connectivity index (χ4n) is 3.56. The number of amides is 1. The van der Waals surface area contributed by atoms with E-state index in [1.807, 2.05) is 30.3 Å². The minimum Gasteiger partial charge on any atom is -0.494 e. The van der Waals surface area contributed by atoms with Gasteiger partial charge >= 0.3 is 0 Å². The highest BCUT2D eigenvalue weighted by atomic mass is 16.6. The van der Waals surface area contributed by atoms with E-state index < -0.39 is 0 Å². The minimum absolute atomic E-state index is 0.0321. The zero-order valence-corrected chi connectivity index (χ0v) is 15.3. The van der Waals surface area contributed by atoms with E-state index >= 15 is 0 Å². The molecule has 1 aromatic carbocycles. The number of rotatable bonds is 6. The molecule has 1 amide bonds. The summed E-state index contributed by atoms with van der Waals surface area (Å²) in [5, 5.41) is 10.0. The van der Waals surface area contributed by atoms with Crippen LogP contribution in [0.1, 0.15) is 26.2 Å². The number of carbonyl (C=O) groups is 1. The van der Waals surface area contributed by atoms with Gasteiger partial charge in [-0.2, -0.15) is 0 Å². The average molecular weight is 361 g/mol. The molecule has 1 unspecified atom stereocenters. The SMILES string of the molecule is CC1=C(C(=O)N2CCCC(CO)(CCOc3ccccc3)C2)OCCO1. The van der Waals surface area contributed by atoms with Crippen molar-refractivity contribution in [1.29, 1.82) is 0 Å². The van der Waals surface area contributed by atoms with Crippen molar-refractivity contribution in [3.63, 3.8) is 0 Å². The van der Waals surface area contributed by atoms with Crippen molar-refractivity contribution in [2.24, 2.45) is 5.41 Å². The second kappa shape index (κ2) is 8.45. The van der Waals surface area contributed by atoms with Crippen molar-refractivity contribution in [2.75, 3.05) is 39.5 Å². The van der Waals surface area contributed by atoms with E-state index in [0.29, 0.717) is 50.8 Å². The molecule has 0 saturated carbocycles. The molecule has 2 aliphatic heterocycles. The number of aliphatic hydroxyl groups excluding tert-OH is 1. The van der Waals surface area contributed by atoms with Gasteiger partial charge < -0.3 is 24.2 Å². The van der Waals surface area contributed by atoms with E-state index in [4.69, 9.17) is 14.2 Å². The lowest BCUT2D eigenvalue weighted by Gasteiger charge is -2.42. The first-order valence-corrected chi connectivity index (χ1v) is 9.18. The highest BCUT2D eigenvalue weighted by Gasteiger charge is 2.38. The predicted molar refractivity (Wildman–Crippen MR) is 96.5 cm³/mol. The van der Waals surface area contributed by atoms with Crippen LogP contribution in [0.25, 0.3) is 0 Å². The van der Waals surface area contributed by atoms with Gasteiger partial charge in [0.05, 0.1) is 13.2 Å². The number of ether oxygens (including phenoxy) is 3. The zero-order chi connectivity index (χ0) is 18.4. The van der Waals surface area contributed by atoms with Gasteiger partial charge in [-0.1, -0.05) is 18.2 Å². The number of hydrogen-bond donors (Lipinski definition) is 1. The molecule has 1 atom stereocenters. The Kier molecular flexibility index (Phi) is 6.04. The molecule has 1 N–H and O–H groups in total. The summed E-state index contributed by atoms with van der Waals surface area (Å²) in [6, 6.07) is 9.64. The lowest BCUT2D eigenvalue weighted by Crippen LogP contribution is -2.49. The van der Waals surface area contributed by atoms with Gasteiger partial charge in [-0.15, -0.1) is 0 Å². The van der Waals surface area contributed by atoms with Crippen molar-refractivity contribution in [2.45, 2.75) is 26.2 Å². The maximum atomic E-state index is 12.8. The number of para-hydroxylation sites is 1. The summed E-state index contributed by atoms with van der Waals surface area (Å²) in [5.74, 6) is 1.50. The van der Waals surface area contributed by atoms with Crippen LogP contribution in [0.15, 0.2) is 41.9 Å². The average Bonchev–Trinajstić information content (AvgIpc) is 2.69. The second-order valence-electron chi connectivity index (χ2n) is 6.98. The molecule has 2 aliphatic rings. The van der Waals surface area contributed by atoms with Crippen LogP contribution in [0.5, 0.6) is 5.75 Å². The van der Waals surface area contributed by atoms with Gasteiger partial charge in [0.1, 0.15) is 24.7 Å². The molecule has 1 fully saturated rings. The van der Waals surface area contributed by atoms with E-state index in [1.165, 1.54) is 0 Å². The Hall–Kier alpha value is -2.21. The third kappa shape index (κ3) is 4.30. The number of aliphatic hydroxyl groups is 1. The Bertz CT molecular complexity index is 645. The van der Waals surface area contributed by atoms with Crippen molar-refractivity contribution >= 4 is 5.91 Å². The van der Waals surface area contributed by atoms with Gasteiger partial charge in [0, 0.05) is 18.5 Å². The Labute approximate surface area is 154 Å². The molecule has 26 heavy (non-hydrogen) atoms. The van der Waals surface area contributed by atoms with Gasteiger partial charge in [0.2, 0.25) is 5.76 Å². The second-order valence-corrected chi connectivity index (χ2v) is 6.98. The number of carbonyl (C=O) groups excluding carboxylic acids is 1. The van der Waals surface area contributed by atoms with Crippen LogP contribution in [-0.4, -0.2) is 55.4 Å². The smallest absolute Gasteiger partial charge is 0.292 e. The van der Waals surface area contributed by atoms with E-state index in [0.717, 1.165) is 18.6 Å². The molecule has 0 spiro atoms. The van der Waals surface area contributed by atoms with Crippen molar-refractivity contribution in [3.8, 4) is 5.75 Å². The molecule has 6 nitrogen and oxygen atoms in total. The molecule has 0 aromatic heterocycles. The van der Waals surface area contributed by atoms with Crippen LogP contribution >= 0.6 is 0 Å². The maximum Gasteiger partial charge on any atom is 0.292 e. The molecule has 0 radical (unpaired) electrons. The summed E-state index contributed by atoms with van der Waals surface area (Å²) in [5.41, 5.74) is -0.341. The number of likely N-dealkylation sites (tertiary alicyclic amines) is 1. The summed E-state index contributed by atoms with van der Waals surface area (Å²) in [6.07, 6.45) is 2.42. The largest absolute Gasteiger partial charge is 0.494 e. The molecule has 3 rings (SSSR count). The number of piperidine rings is 1. The van der Waals surface area contributed by atoms with Crippen LogP contribution in [0.3, 0.4) is 0 Å². The van der Waals surface area contributed by atoms with Gasteiger partial charge in [-0.25, -0.2) is 0 Å². The zero-order valence-electron chi connectivity index (χ0n) is 15.3. The summed E-state index contributed by atoms with van der Waals surface area (Å²) in [7, 11) is 0. The molecule has 2 heterocycles. The number of benzene rings is 1. The summed E-state index contributed by atoms with van der Waals surface area (Å²) in [4.78, 5) is 14.6. The normalized spacial score (nSPS) is 23.2. The lowest BCUT2D eigenvalue weighted by molar-refractivity contribution is -0.137. The fourth-order valence-corrected chi connectivity index (χ4v) is 3.56. The maximum absolute atomic E-state index is 12.8. The monoisotopic (exact) mass is 361 g/mol. The fraction of sp³-hybridized carbons (Fsp3) is 0.550. The first-order chi connectivity index (χ1) is 12.6. The summed E-state index contributed by atoms with van der Waals surface area (Å²) in [6.45, 7) is 4.32. The van der Waals surface area contributed by atoms with Crippen LogP contribution in [0.2, 0.25) is 0 Å². The number of allylic oxidation sites excluding steroid dienone is 1. The van der Waals surface area contributed by atoms with Crippen molar-refractivity contribution < 1.29 is 24.1 Å². The number of nitrogens with zero attached hydrogens (tertiary/aromatic N) is 1. The van der Waals surface area contributed by atoms with Crippen LogP contribution in [-0.2, 0) is 14.3 Å². The Morgan fingerprint density at radius 1 is 1.27 bits per heavy atom. The summed E-state index contributed by atoms with van der Waals surface area (Å²) < 4.78 is 16.8. The third-order valence-corrected chi connectivity index (χ3v) is 5.09. The molecule has 6 heteroatoms. The first kappa shape index (κ1) is 18.6. The van der Waals surface area contributed by atoms with E-state index in [-0.39, 0.29) is 17.9 Å². The van der Waals surface area contributed by atoms with Gasteiger partial charge in [0.25, 0.3) is 5.91 Å². The molecular weight excluding hydrogens is 334 g/mol. The Morgan fingerprint density at radius 3 is 2.77 bits per heavy atom. The molecule has 0 bridgehead atoms. The van der Waals surface area contributed by atoms with Crippen LogP contribution in [0.4, 0.5) is 0 Å². The Balaban J connectivity index is 1.61. The Morgan fingerprint density at radius 2 is 2.04 bits per heavy atom. The molecule has 0 aliphatic carbocycles. The van der Waals surface area contributed by atoms with Crippen molar-refractivity contribution in [1.82, 2.24) is 4.90 Å². The van der Waals surface area contributed by atoms with E-state index in [1.54, 1.807) is 11.8 Å². The van der Waals surface area contributed by atoms with E-state index in [9.17, 15) is 9.90 Å². The highest BCUT2D eigenvalue weighted by molar-refractivity contribution is 5.92. The van der Waals surface area contributed by atoms with Gasteiger partial charge in [-0.3, -0.25) is 4.79 Å². The standard InChI is InChI=1S/C20H27NO5/c1-16-18(26-13-12-24-16)19(23)21-10-5-8-20(14-21,15-22)9-11-25-17-6-3-2-4-7-17/h2-4,6-7,22H,5,8-15H2,1H3. The predicted octanol–water partition coefficient (Wildman–Crippen LogP) is 2.33. The van der Waals surface area contributed by atoms with Crippen molar-refractivity contribution in [3.05, 3.63) is 41.9 Å². The lowest BCUT2D eigenvalue weighted by atomic mass is 9.78. The number of hydrogen-bond acceptors (Lipinski definition) is 5. The molecule has 142 valence electrons. The van der Waals surface area contributed by atoms with Gasteiger partial charge in [-0.05, 0) is 38.3 Å². The first-order valence-electron chi connectivity index (χ1n) is 9.18. The summed E-state index contributed by atoms with van der Waals surface area (Å²) >= 11 is 0. The molecule has 1 saturated heterocycles. The van der Waals surface area contributed by atoms with Crippen LogP contribution < -0.4 is 4.74 Å². The topological polar surface area (TPSA) is 68.2 Å². The van der Waals surface area contributed by atoms with E-state index in [2.05, 4.69) is 0 Å². The molecular formula is C20H27NO5. The highest BCUT2D eigenvalue weighted by Crippen LogP contribution is 2.34. The third-order valence-electron chi connectivity index (χ3n) is 5.09. The van der Waals surface area contributed by atoms with Crippen LogP contribution in [0, 0.1) is 5.41 Å². The van der Waals surface area contributed by atoms with Gasteiger partial charge in [0.15, 0.2) is 0 Å².